The smallest absolute Gasteiger partial charge is 0.307 e. The molecule has 20 heavy (non-hydrogen) atoms. The molecule has 6 nitrogen and oxygen atoms in total. The highest BCUT2D eigenvalue weighted by atomic mass is 16.5. The van der Waals surface area contributed by atoms with Crippen LogP contribution in [0.25, 0.3) is 0 Å². The second-order valence-electron chi connectivity index (χ2n) is 4.51. The SMILES string of the molecule is CCN(CCC(=O)OC)c1ccc(C(=O)N(C)C)cn1. The number of pyridine rings is 1. The van der Waals surface area contributed by atoms with Crippen molar-refractivity contribution in [1.82, 2.24) is 9.88 Å². The molecule has 0 aromatic carbocycles. The Morgan fingerprint density at radius 3 is 2.45 bits per heavy atom. The van der Waals surface area contributed by atoms with Crippen molar-refractivity contribution in [3.8, 4) is 0 Å². The van der Waals surface area contributed by atoms with E-state index in [1.165, 1.54) is 12.0 Å². The van der Waals surface area contributed by atoms with Crippen LogP contribution in [0.2, 0.25) is 0 Å². The zero-order valence-corrected chi connectivity index (χ0v) is 12.4. The molecule has 0 aliphatic rings. The molecular weight excluding hydrogens is 258 g/mol. The Balaban J connectivity index is 2.74. The van der Waals surface area contributed by atoms with Gasteiger partial charge in [-0.15, -0.1) is 0 Å². The van der Waals surface area contributed by atoms with Crippen LogP contribution in [0.3, 0.4) is 0 Å². The first-order valence-corrected chi connectivity index (χ1v) is 6.49. The van der Waals surface area contributed by atoms with Crippen molar-refractivity contribution >= 4 is 17.7 Å². The molecule has 1 rings (SSSR count). The summed E-state index contributed by atoms with van der Waals surface area (Å²) < 4.78 is 4.62. The van der Waals surface area contributed by atoms with Crippen LogP contribution in [-0.2, 0) is 9.53 Å². The molecule has 1 amide bonds. The molecule has 1 aromatic rings. The summed E-state index contributed by atoms with van der Waals surface area (Å²) >= 11 is 0. The fourth-order valence-electron chi connectivity index (χ4n) is 1.72. The van der Waals surface area contributed by atoms with Gasteiger partial charge in [-0.05, 0) is 19.1 Å². The van der Waals surface area contributed by atoms with Crippen LogP contribution >= 0.6 is 0 Å². The van der Waals surface area contributed by atoms with Crippen molar-refractivity contribution in [2.45, 2.75) is 13.3 Å². The Morgan fingerprint density at radius 2 is 2.00 bits per heavy atom. The monoisotopic (exact) mass is 279 g/mol. The van der Waals surface area contributed by atoms with Gasteiger partial charge in [-0.25, -0.2) is 4.98 Å². The summed E-state index contributed by atoms with van der Waals surface area (Å²) in [5, 5.41) is 0. The number of nitrogens with zero attached hydrogens (tertiary/aromatic N) is 3. The standard InChI is InChI=1S/C14H21N3O3/c1-5-17(9-8-13(18)20-4)12-7-6-11(10-15-12)14(19)16(2)3/h6-7,10H,5,8-9H2,1-4H3. The van der Waals surface area contributed by atoms with Crippen LogP contribution in [0.4, 0.5) is 5.82 Å². The highest BCUT2D eigenvalue weighted by molar-refractivity contribution is 5.93. The van der Waals surface area contributed by atoms with Gasteiger partial charge in [0.05, 0.1) is 19.1 Å². The quantitative estimate of drug-likeness (QED) is 0.732. The van der Waals surface area contributed by atoms with E-state index < -0.39 is 0 Å². The van der Waals surface area contributed by atoms with Crippen molar-refractivity contribution in [2.24, 2.45) is 0 Å². The number of hydrogen-bond donors (Lipinski definition) is 0. The maximum atomic E-state index is 11.8. The van der Waals surface area contributed by atoms with Crippen molar-refractivity contribution in [1.29, 1.82) is 0 Å². The van der Waals surface area contributed by atoms with Crippen molar-refractivity contribution in [2.75, 3.05) is 39.2 Å². The molecule has 0 N–H and O–H groups in total. The van der Waals surface area contributed by atoms with E-state index in [2.05, 4.69) is 9.72 Å². The Hall–Kier alpha value is -2.11. The molecule has 0 spiro atoms. The van der Waals surface area contributed by atoms with E-state index >= 15 is 0 Å². The van der Waals surface area contributed by atoms with Crippen molar-refractivity contribution < 1.29 is 14.3 Å². The maximum absolute atomic E-state index is 11.8. The fraction of sp³-hybridized carbons (Fsp3) is 0.500. The molecule has 0 fully saturated rings. The van der Waals surface area contributed by atoms with Gasteiger partial charge in [0.1, 0.15) is 5.82 Å². The summed E-state index contributed by atoms with van der Waals surface area (Å²) in [5.74, 6) is 0.413. The third-order valence-electron chi connectivity index (χ3n) is 2.92. The molecule has 0 aliphatic heterocycles. The normalized spacial score (nSPS) is 10.0. The van der Waals surface area contributed by atoms with E-state index in [1.807, 2.05) is 11.8 Å². The van der Waals surface area contributed by atoms with Gasteiger partial charge in [0.15, 0.2) is 0 Å². The molecule has 1 aromatic heterocycles. The van der Waals surface area contributed by atoms with Crippen LogP contribution in [0.5, 0.6) is 0 Å². The van der Waals surface area contributed by atoms with Crippen LogP contribution in [0, 0.1) is 0 Å². The first-order chi connectivity index (χ1) is 9.49. The van der Waals surface area contributed by atoms with Gasteiger partial charge in [0, 0.05) is 33.4 Å². The molecule has 0 bridgehead atoms. The number of carbonyl (C=O) groups is 2. The van der Waals surface area contributed by atoms with E-state index in [0.29, 0.717) is 18.5 Å². The van der Waals surface area contributed by atoms with Crippen LogP contribution < -0.4 is 4.90 Å². The molecule has 1 heterocycles. The van der Waals surface area contributed by atoms with E-state index in [9.17, 15) is 9.59 Å². The summed E-state index contributed by atoms with van der Waals surface area (Å²) in [6, 6.07) is 3.53. The van der Waals surface area contributed by atoms with Crippen molar-refractivity contribution in [3.05, 3.63) is 23.9 Å². The Kier molecular flexibility index (Phi) is 5.96. The Labute approximate surface area is 119 Å². The number of carbonyl (C=O) groups excluding carboxylic acids is 2. The average molecular weight is 279 g/mol. The highest BCUT2D eigenvalue weighted by Crippen LogP contribution is 2.12. The van der Waals surface area contributed by atoms with Crippen LogP contribution in [-0.4, -0.2) is 56.1 Å². The van der Waals surface area contributed by atoms with Crippen LogP contribution in [0.15, 0.2) is 18.3 Å². The first-order valence-electron chi connectivity index (χ1n) is 6.49. The number of esters is 1. The number of methoxy groups -OCH3 is 1. The minimum Gasteiger partial charge on any atom is -0.469 e. The second kappa shape index (κ2) is 7.47. The van der Waals surface area contributed by atoms with Crippen molar-refractivity contribution in [3.63, 3.8) is 0 Å². The van der Waals surface area contributed by atoms with Gasteiger partial charge in [-0.3, -0.25) is 9.59 Å². The molecule has 0 saturated heterocycles. The molecular formula is C14H21N3O3. The lowest BCUT2D eigenvalue weighted by molar-refractivity contribution is -0.140. The lowest BCUT2D eigenvalue weighted by Crippen LogP contribution is -2.27. The molecule has 0 saturated carbocycles. The molecule has 0 aliphatic carbocycles. The van der Waals surface area contributed by atoms with Gasteiger partial charge >= 0.3 is 5.97 Å². The third-order valence-corrected chi connectivity index (χ3v) is 2.92. The third kappa shape index (κ3) is 4.22. The number of amides is 1. The number of anilines is 1. The number of ether oxygens (including phenoxy) is 1. The molecule has 0 atom stereocenters. The number of rotatable bonds is 6. The fourth-order valence-corrected chi connectivity index (χ4v) is 1.72. The van der Waals surface area contributed by atoms with Gasteiger partial charge < -0.3 is 14.5 Å². The second-order valence-corrected chi connectivity index (χ2v) is 4.51. The molecule has 0 radical (unpaired) electrons. The molecule has 110 valence electrons. The van der Waals surface area contributed by atoms with Gasteiger partial charge in [-0.2, -0.15) is 0 Å². The first kappa shape index (κ1) is 15.9. The van der Waals surface area contributed by atoms with Gasteiger partial charge in [0.25, 0.3) is 5.91 Å². The lowest BCUT2D eigenvalue weighted by atomic mass is 10.2. The number of hydrogen-bond acceptors (Lipinski definition) is 5. The van der Waals surface area contributed by atoms with E-state index in [1.54, 1.807) is 32.4 Å². The summed E-state index contributed by atoms with van der Waals surface area (Å²) in [4.78, 5) is 30.7. The molecule has 6 heteroatoms. The highest BCUT2D eigenvalue weighted by Gasteiger charge is 2.12. The zero-order chi connectivity index (χ0) is 15.1. The van der Waals surface area contributed by atoms with Crippen LogP contribution in [0.1, 0.15) is 23.7 Å². The van der Waals surface area contributed by atoms with E-state index in [0.717, 1.165) is 12.4 Å². The zero-order valence-electron chi connectivity index (χ0n) is 12.4. The minimum absolute atomic E-state index is 0.0818. The average Bonchev–Trinajstić information content (AvgIpc) is 2.47. The topological polar surface area (TPSA) is 62.7 Å². The van der Waals surface area contributed by atoms with Gasteiger partial charge in [-0.1, -0.05) is 0 Å². The Bertz CT molecular complexity index is 457. The Morgan fingerprint density at radius 1 is 1.30 bits per heavy atom. The number of aromatic nitrogens is 1. The van der Waals surface area contributed by atoms with Gasteiger partial charge in [0.2, 0.25) is 0 Å². The lowest BCUT2D eigenvalue weighted by Gasteiger charge is -2.21. The van der Waals surface area contributed by atoms with E-state index in [-0.39, 0.29) is 11.9 Å². The summed E-state index contributed by atoms with van der Waals surface area (Å²) in [6.07, 6.45) is 1.86. The summed E-state index contributed by atoms with van der Waals surface area (Å²) in [6.45, 7) is 3.25. The minimum atomic E-state index is -0.247. The summed E-state index contributed by atoms with van der Waals surface area (Å²) in [7, 11) is 4.77. The summed E-state index contributed by atoms with van der Waals surface area (Å²) in [5.41, 5.74) is 0.544. The predicted octanol–water partition coefficient (Wildman–Crippen LogP) is 1.17. The predicted molar refractivity (Wildman–Crippen MR) is 76.8 cm³/mol. The largest absolute Gasteiger partial charge is 0.469 e. The molecule has 0 unspecified atom stereocenters. The maximum Gasteiger partial charge on any atom is 0.307 e. The van der Waals surface area contributed by atoms with E-state index in [4.69, 9.17) is 0 Å².